The summed E-state index contributed by atoms with van der Waals surface area (Å²) in [5, 5.41) is 12.1. The Kier molecular flexibility index (Phi) is 5.64. The van der Waals surface area contributed by atoms with Crippen molar-refractivity contribution in [2.75, 3.05) is 0 Å². The third-order valence-corrected chi connectivity index (χ3v) is 4.78. The summed E-state index contributed by atoms with van der Waals surface area (Å²) in [6, 6.07) is 9.43. The van der Waals surface area contributed by atoms with Crippen molar-refractivity contribution in [2.24, 2.45) is 11.8 Å². The number of carbonyl (C=O) groups excluding carboxylic acids is 1. The molecule has 1 aliphatic carbocycles. The van der Waals surface area contributed by atoms with E-state index < -0.39 is 17.6 Å². The molecule has 1 aromatic carbocycles. The first-order chi connectivity index (χ1) is 10.9. The Bertz CT molecular complexity index is 545. The van der Waals surface area contributed by atoms with Crippen LogP contribution in [0.1, 0.15) is 45.1 Å². The van der Waals surface area contributed by atoms with Crippen molar-refractivity contribution in [3.63, 3.8) is 0 Å². The molecule has 0 saturated heterocycles. The molecule has 0 heterocycles. The van der Waals surface area contributed by atoms with E-state index in [9.17, 15) is 14.7 Å². The summed E-state index contributed by atoms with van der Waals surface area (Å²) in [5.41, 5.74) is 0.178. The second kappa shape index (κ2) is 7.49. The van der Waals surface area contributed by atoms with Crippen molar-refractivity contribution in [2.45, 2.75) is 51.7 Å². The molecule has 1 fully saturated rings. The molecule has 2 N–H and O–H groups in total. The predicted molar refractivity (Wildman–Crippen MR) is 86.9 cm³/mol. The summed E-state index contributed by atoms with van der Waals surface area (Å²) < 4.78 is 5.28. The SMILES string of the molecule is CC1CCC(C)C(CC(=O)O)(NC(=O)OCc2ccccc2)C1. The normalized spacial score (nSPS) is 27.2. The molecule has 23 heavy (non-hydrogen) atoms. The zero-order chi connectivity index (χ0) is 16.9. The lowest BCUT2D eigenvalue weighted by atomic mass is 9.68. The smallest absolute Gasteiger partial charge is 0.407 e. The van der Waals surface area contributed by atoms with Crippen LogP contribution in [0.25, 0.3) is 0 Å². The molecule has 126 valence electrons. The summed E-state index contributed by atoms with van der Waals surface area (Å²) >= 11 is 0. The minimum absolute atomic E-state index is 0.0705. The summed E-state index contributed by atoms with van der Waals surface area (Å²) in [4.78, 5) is 23.5. The number of amides is 1. The predicted octanol–water partition coefficient (Wildman–Crippen LogP) is 3.58. The van der Waals surface area contributed by atoms with Gasteiger partial charge < -0.3 is 15.2 Å². The van der Waals surface area contributed by atoms with Crippen LogP contribution < -0.4 is 5.32 Å². The topological polar surface area (TPSA) is 75.6 Å². The Balaban J connectivity index is 2.02. The number of alkyl carbamates (subject to hydrolysis) is 1. The lowest BCUT2D eigenvalue weighted by Gasteiger charge is -2.44. The van der Waals surface area contributed by atoms with Crippen LogP contribution >= 0.6 is 0 Å². The van der Waals surface area contributed by atoms with Crippen LogP contribution in [-0.2, 0) is 16.1 Å². The number of hydrogen-bond donors (Lipinski definition) is 2. The van der Waals surface area contributed by atoms with Crippen molar-refractivity contribution >= 4 is 12.1 Å². The van der Waals surface area contributed by atoms with Gasteiger partial charge in [-0.2, -0.15) is 0 Å². The van der Waals surface area contributed by atoms with E-state index >= 15 is 0 Å². The van der Waals surface area contributed by atoms with Crippen LogP contribution in [0, 0.1) is 11.8 Å². The fourth-order valence-electron chi connectivity index (χ4n) is 3.43. The number of hydrogen-bond acceptors (Lipinski definition) is 3. The highest BCUT2D eigenvalue weighted by atomic mass is 16.5. The van der Waals surface area contributed by atoms with Gasteiger partial charge in [0, 0.05) is 0 Å². The van der Waals surface area contributed by atoms with Gasteiger partial charge >= 0.3 is 12.1 Å². The maximum Gasteiger partial charge on any atom is 0.407 e. The number of ether oxygens (including phenoxy) is 1. The standard InChI is InChI=1S/C18H25NO4/c1-13-8-9-14(2)18(10-13,11-16(20)21)19-17(22)23-12-15-6-4-3-5-7-15/h3-7,13-14H,8-12H2,1-2H3,(H,19,22)(H,20,21). The molecule has 0 aromatic heterocycles. The van der Waals surface area contributed by atoms with Crippen LogP contribution in [0.5, 0.6) is 0 Å². The Morgan fingerprint density at radius 3 is 2.61 bits per heavy atom. The molecule has 3 atom stereocenters. The molecule has 2 rings (SSSR count). The molecule has 1 aliphatic rings. The number of benzene rings is 1. The number of carbonyl (C=O) groups is 2. The molecule has 0 aliphatic heterocycles. The van der Waals surface area contributed by atoms with Gasteiger partial charge in [-0.15, -0.1) is 0 Å². The van der Waals surface area contributed by atoms with E-state index in [-0.39, 0.29) is 18.9 Å². The molecule has 1 saturated carbocycles. The van der Waals surface area contributed by atoms with Gasteiger partial charge in [-0.1, -0.05) is 50.6 Å². The van der Waals surface area contributed by atoms with Gasteiger partial charge in [-0.05, 0) is 30.2 Å². The zero-order valence-electron chi connectivity index (χ0n) is 13.7. The van der Waals surface area contributed by atoms with E-state index in [1.807, 2.05) is 37.3 Å². The first-order valence-corrected chi connectivity index (χ1v) is 8.12. The molecule has 1 amide bonds. The number of carboxylic acid groups (broad SMARTS) is 1. The highest BCUT2D eigenvalue weighted by Gasteiger charge is 2.43. The van der Waals surface area contributed by atoms with Gasteiger partial charge in [0.25, 0.3) is 0 Å². The molecular formula is C18H25NO4. The van der Waals surface area contributed by atoms with Crippen molar-refractivity contribution in [3.8, 4) is 0 Å². The van der Waals surface area contributed by atoms with Gasteiger partial charge in [-0.3, -0.25) is 4.79 Å². The van der Waals surface area contributed by atoms with Crippen molar-refractivity contribution in [1.82, 2.24) is 5.32 Å². The molecule has 5 nitrogen and oxygen atoms in total. The quantitative estimate of drug-likeness (QED) is 0.869. The molecular weight excluding hydrogens is 294 g/mol. The highest BCUT2D eigenvalue weighted by molar-refractivity contribution is 5.73. The fourth-order valence-corrected chi connectivity index (χ4v) is 3.43. The van der Waals surface area contributed by atoms with Crippen LogP contribution in [-0.4, -0.2) is 22.7 Å². The van der Waals surface area contributed by atoms with E-state index in [2.05, 4.69) is 12.2 Å². The molecule has 0 radical (unpaired) electrons. The van der Waals surface area contributed by atoms with Gasteiger partial charge in [0.2, 0.25) is 0 Å². The first-order valence-electron chi connectivity index (χ1n) is 8.12. The molecule has 0 bridgehead atoms. The third kappa shape index (κ3) is 4.71. The molecule has 5 heteroatoms. The van der Waals surface area contributed by atoms with Crippen molar-refractivity contribution < 1.29 is 19.4 Å². The van der Waals surface area contributed by atoms with Gasteiger partial charge in [0.1, 0.15) is 6.61 Å². The van der Waals surface area contributed by atoms with Crippen LogP contribution in [0.2, 0.25) is 0 Å². The number of aliphatic carboxylic acids is 1. The molecule has 1 aromatic rings. The van der Waals surface area contributed by atoms with E-state index in [0.29, 0.717) is 12.3 Å². The lowest BCUT2D eigenvalue weighted by Crippen LogP contribution is -2.57. The van der Waals surface area contributed by atoms with Crippen LogP contribution in [0.3, 0.4) is 0 Å². The minimum Gasteiger partial charge on any atom is -0.481 e. The highest BCUT2D eigenvalue weighted by Crippen LogP contribution is 2.39. The number of nitrogens with one attached hydrogen (secondary N) is 1. The van der Waals surface area contributed by atoms with E-state index in [0.717, 1.165) is 18.4 Å². The van der Waals surface area contributed by atoms with E-state index in [1.165, 1.54) is 0 Å². The first kappa shape index (κ1) is 17.3. The number of rotatable bonds is 5. The Morgan fingerprint density at radius 1 is 1.26 bits per heavy atom. The minimum atomic E-state index is -0.894. The van der Waals surface area contributed by atoms with Crippen molar-refractivity contribution in [3.05, 3.63) is 35.9 Å². The van der Waals surface area contributed by atoms with Crippen LogP contribution in [0.4, 0.5) is 4.79 Å². The Morgan fingerprint density at radius 2 is 1.96 bits per heavy atom. The maximum absolute atomic E-state index is 12.2. The summed E-state index contributed by atoms with van der Waals surface area (Å²) in [5.74, 6) is -0.395. The lowest BCUT2D eigenvalue weighted by molar-refractivity contribution is -0.139. The largest absolute Gasteiger partial charge is 0.481 e. The van der Waals surface area contributed by atoms with Gasteiger partial charge in [-0.25, -0.2) is 4.79 Å². The second-order valence-electron chi connectivity index (χ2n) is 6.70. The zero-order valence-corrected chi connectivity index (χ0v) is 13.7. The second-order valence-corrected chi connectivity index (χ2v) is 6.70. The average Bonchev–Trinajstić information content (AvgIpc) is 2.49. The summed E-state index contributed by atoms with van der Waals surface area (Å²) in [7, 11) is 0. The molecule has 3 unspecified atom stereocenters. The average molecular weight is 319 g/mol. The van der Waals surface area contributed by atoms with E-state index in [1.54, 1.807) is 0 Å². The molecule has 0 spiro atoms. The fraction of sp³-hybridized carbons (Fsp3) is 0.556. The monoisotopic (exact) mass is 319 g/mol. The number of carboxylic acids is 1. The third-order valence-electron chi connectivity index (χ3n) is 4.78. The summed E-state index contributed by atoms with van der Waals surface area (Å²) in [6.07, 6.45) is 2.02. The summed E-state index contributed by atoms with van der Waals surface area (Å²) in [6.45, 7) is 4.28. The van der Waals surface area contributed by atoms with Gasteiger partial charge in [0.05, 0.1) is 12.0 Å². The van der Waals surface area contributed by atoms with E-state index in [4.69, 9.17) is 4.74 Å². The van der Waals surface area contributed by atoms with Crippen molar-refractivity contribution in [1.29, 1.82) is 0 Å². The van der Waals surface area contributed by atoms with Crippen LogP contribution in [0.15, 0.2) is 30.3 Å². The van der Waals surface area contributed by atoms with Gasteiger partial charge in [0.15, 0.2) is 0 Å². The Hall–Kier alpha value is -2.04. The maximum atomic E-state index is 12.2. The Labute approximate surface area is 137 Å².